The van der Waals surface area contributed by atoms with E-state index in [-0.39, 0.29) is 12.7 Å². The first kappa shape index (κ1) is 36.3. The van der Waals surface area contributed by atoms with Gasteiger partial charge >= 0.3 is 11.9 Å². The predicted octanol–water partition coefficient (Wildman–Crippen LogP) is 10.1. The third-order valence-electron chi connectivity index (χ3n) is 7.80. The molecule has 43 heavy (non-hydrogen) atoms. The standard InChI is InChI=1S/C37H57NO5/c1-8-11-12-13-14-15-16-17-18-19-20-21-22-24-30-25-23-26-31(41-9-2)34(30)35-32(36(39)42-10-3)28(6)38-29(7)33(35)37(40)43-27(4)5/h23,25-27H,8-22,24H2,1-7H3. The monoisotopic (exact) mass is 595 g/mol. The Balaban J connectivity index is 2.28. The molecule has 1 aromatic heterocycles. The van der Waals surface area contributed by atoms with Gasteiger partial charge in [-0.1, -0.05) is 96.1 Å². The molecule has 0 atom stereocenters. The normalized spacial score (nSPS) is 11.2. The highest BCUT2D eigenvalue weighted by Gasteiger charge is 2.31. The van der Waals surface area contributed by atoms with Crippen LogP contribution in [-0.2, 0) is 15.9 Å². The van der Waals surface area contributed by atoms with Gasteiger partial charge in [0.2, 0.25) is 0 Å². The molecule has 0 amide bonds. The van der Waals surface area contributed by atoms with Crippen LogP contribution in [0.4, 0.5) is 0 Å². The third-order valence-corrected chi connectivity index (χ3v) is 7.80. The van der Waals surface area contributed by atoms with Gasteiger partial charge in [0.1, 0.15) is 5.75 Å². The summed E-state index contributed by atoms with van der Waals surface area (Å²) in [7, 11) is 0. The van der Waals surface area contributed by atoms with Gasteiger partial charge in [-0.05, 0) is 66.0 Å². The van der Waals surface area contributed by atoms with Crippen molar-refractivity contribution in [1.29, 1.82) is 0 Å². The number of hydrogen-bond donors (Lipinski definition) is 0. The summed E-state index contributed by atoms with van der Waals surface area (Å²) in [4.78, 5) is 31.5. The molecule has 0 bridgehead atoms. The molecule has 2 rings (SSSR count). The lowest BCUT2D eigenvalue weighted by molar-refractivity contribution is 0.0377. The molecule has 1 heterocycles. The molecule has 0 aliphatic rings. The zero-order valence-corrected chi connectivity index (χ0v) is 28.1. The largest absolute Gasteiger partial charge is 0.493 e. The van der Waals surface area contributed by atoms with Crippen molar-refractivity contribution in [3.8, 4) is 16.9 Å². The molecule has 0 unspecified atom stereocenters. The molecule has 240 valence electrons. The minimum atomic E-state index is -0.501. The number of hydrogen-bond acceptors (Lipinski definition) is 6. The number of ether oxygens (including phenoxy) is 3. The van der Waals surface area contributed by atoms with E-state index >= 15 is 0 Å². The Morgan fingerprint density at radius 3 is 1.74 bits per heavy atom. The van der Waals surface area contributed by atoms with Crippen LogP contribution >= 0.6 is 0 Å². The second kappa shape index (κ2) is 20.1. The molecule has 0 N–H and O–H groups in total. The molecule has 0 spiro atoms. The fraction of sp³-hybridized carbons (Fsp3) is 0.649. The average Bonchev–Trinajstić information content (AvgIpc) is 2.95. The summed E-state index contributed by atoms with van der Waals surface area (Å²) in [5.74, 6) is -0.359. The van der Waals surface area contributed by atoms with Crippen molar-refractivity contribution in [2.24, 2.45) is 0 Å². The fourth-order valence-electron chi connectivity index (χ4n) is 5.75. The van der Waals surface area contributed by atoms with Crippen LogP contribution in [0.3, 0.4) is 0 Å². The molecular formula is C37H57NO5. The molecule has 2 aromatic rings. The molecule has 6 heteroatoms. The number of carbonyl (C=O) groups excluding carboxylic acids is 2. The summed E-state index contributed by atoms with van der Waals surface area (Å²) >= 11 is 0. The number of carbonyl (C=O) groups is 2. The van der Waals surface area contributed by atoms with E-state index in [4.69, 9.17) is 14.2 Å². The highest BCUT2D eigenvalue weighted by Crippen LogP contribution is 2.41. The maximum absolute atomic E-state index is 13.5. The van der Waals surface area contributed by atoms with E-state index in [1.807, 2.05) is 32.9 Å². The van der Waals surface area contributed by atoms with Gasteiger partial charge in [-0.25, -0.2) is 9.59 Å². The second-order valence-electron chi connectivity index (χ2n) is 11.8. The zero-order valence-electron chi connectivity index (χ0n) is 28.1. The molecule has 0 saturated heterocycles. The molecule has 0 saturated carbocycles. The highest BCUT2D eigenvalue weighted by molar-refractivity contribution is 6.08. The fourth-order valence-corrected chi connectivity index (χ4v) is 5.75. The van der Waals surface area contributed by atoms with E-state index in [2.05, 4.69) is 18.0 Å². The zero-order chi connectivity index (χ0) is 31.6. The molecule has 6 nitrogen and oxygen atoms in total. The lowest BCUT2D eigenvalue weighted by atomic mass is 9.87. The van der Waals surface area contributed by atoms with Gasteiger partial charge in [-0.3, -0.25) is 4.98 Å². The molecule has 0 radical (unpaired) electrons. The number of aryl methyl sites for hydroxylation is 3. The minimum absolute atomic E-state index is 0.219. The van der Waals surface area contributed by atoms with Crippen molar-refractivity contribution in [3.05, 3.63) is 46.3 Å². The number of aromatic nitrogens is 1. The summed E-state index contributed by atoms with van der Waals surface area (Å²) in [6.07, 6.45) is 17.3. The van der Waals surface area contributed by atoms with Crippen LogP contribution in [0.5, 0.6) is 5.75 Å². The summed E-state index contributed by atoms with van der Waals surface area (Å²) in [5.41, 5.74) is 3.93. The number of nitrogens with zero attached hydrogens (tertiary/aromatic N) is 1. The van der Waals surface area contributed by atoms with Gasteiger partial charge in [-0.2, -0.15) is 0 Å². The SMILES string of the molecule is CCCCCCCCCCCCCCCc1cccc(OCC)c1-c1c(C(=O)OCC)c(C)nc(C)c1C(=O)OC(C)C. The minimum Gasteiger partial charge on any atom is -0.493 e. The van der Waals surface area contributed by atoms with Crippen molar-refractivity contribution < 1.29 is 23.8 Å². The van der Waals surface area contributed by atoms with Crippen LogP contribution in [0.1, 0.15) is 156 Å². The summed E-state index contributed by atoms with van der Waals surface area (Å²) in [6, 6.07) is 5.98. The number of esters is 2. The topological polar surface area (TPSA) is 74.7 Å². The van der Waals surface area contributed by atoms with Gasteiger partial charge in [0.25, 0.3) is 0 Å². The predicted molar refractivity (Wildman–Crippen MR) is 176 cm³/mol. The molecule has 0 fully saturated rings. The molecular weight excluding hydrogens is 538 g/mol. The van der Waals surface area contributed by atoms with Gasteiger partial charge in [0, 0.05) is 11.1 Å². The first-order valence-corrected chi connectivity index (χ1v) is 16.9. The van der Waals surface area contributed by atoms with Gasteiger partial charge in [-0.15, -0.1) is 0 Å². The second-order valence-corrected chi connectivity index (χ2v) is 11.8. The van der Waals surface area contributed by atoms with Crippen LogP contribution in [0, 0.1) is 13.8 Å². The number of unbranched alkanes of at least 4 members (excludes halogenated alkanes) is 12. The van der Waals surface area contributed by atoms with Crippen molar-refractivity contribution in [2.45, 2.75) is 144 Å². The Hall–Kier alpha value is -2.89. The third kappa shape index (κ3) is 11.6. The first-order chi connectivity index (χ1) is 20.8. The molecule has 0 aliphatic heterocycles. The van der Waals surface area contributed by atoms with E-state index in [0.717, 1.165) is 30.4 Å². The molecule has 1 aromatic carbocycles. The summed E-state index contributed by atoms with van der Waals surface area (Å²) in [6.45, 7) is 13.9. The van der Waals surface area contributed by atoms with Crippen molar-refractivity contribution in [1.82, 2.24) is 4.98 Å². The first-order valence-electron chi connectivity index (χ1n) is 16.9. The Morgan fingerprint density at radius 2 is 1.23 bits per heavy atom. The van der Waals surface area contributed by atoms with Crippen LogP contribution < -0.4 is 4.74 Å². The summed E-state index contributed by atoms with van der Waals surface area (Å²) < 4.78 is 17.3. The van der Waals surface area contributed by atoms with Crippen molar-refractivity contribution in [3.63, 3.8) is 0 Å². The number of rotatable bonds is 21. The van der Waals surface area contributed by atoms with Gasteiger partial charge in [0.05, 0.1) is 41.8 Å². The quantitative estimate of drug-likeness (QED) is 0.106. The maximum Gasteiger partial charge on any atom is 0.340 e. The van der Waals surface area contributed by atoms with Gasteiger partial charge < -0.3 is 14.2 Å². The number of pyridine rings is 1. The van der Waals surface area contributed by atoms with E-state index in [1.165, 1.54) is 70.6 Å². The maximum atomic E-state index is 13.5. The van der Waals surface area contributed by atoms with E-state index in [0.29, 0.717) is 40.4 Å². The van der Waals surface area contributed by atoms with Crippen LogP contribution in [0.15, 0.2) is 18.2 Å². The van der Waals surface area contributed by atoms with Crippen LogP contribution in [0.25, 0.3) is 11.1 Å². The summed E-state index contributed by atoms with van der Waals surface area (Å²) in [5, 5.41) is 0. The lowest BCUT2D eigenvalue weighted by Crippen LogP contribution is -2.20. The van der Waals surface area contributed by atoms with Crippen molar-refractivity contribution >= 4 is 11.9 Å². The Labute approximate surface area is 261 Å². The highest BCUT2D eigenvalue weighted by atomic mass is 16.5. The van der Waals surface area contributed by atoms with Crippen LogP contribution in [0.2, 0.25) is 0 Å². The Morgan fingerprint density at radius 1 is 0.698 bits per heavy atom. The smallest absolute Gasteiger partial charge is 0.340 e. The number of benzene rings is 1. The average molecular weight is 596 g/mol. The lowest BCUT2D eigenvalue weighted by Gasteiger charge is -2.22. The van der Waals surface area contributed by atoms with E-state index in [1.54, 1.807) is 20.8 Å². The van der Waals surface area contributed by atoms with E-state index in [9.17, 15) is 9.59 Å². The van der Waals surface area contributed by atoms with Crippen LogP contribution in [-0.4, -0.2) is 36.2 Å². The van der Waals surface area contributed by atoms with E-state index < -0.39 is 11.9 Å². The molecule has 0 aliphatic carbocycles. The van der Waals surface area contributed by atoms with Gasteiger partial charge in [0.15, 0.2) is 0 Å². The van der Waals surface area contributed by atoms with Crippen molar-refractivity contribution in [2.75, 3.05) is 13.2 Å². The Kier molecular flexibility index (Phi) is 17.0. The Bertz CT molecular complexity index is 1140.